The van der Waals surface area contributed by atoms with Gasteiger partial charge in [0, 0.05) is 31.0 Å². The van der Waals surface area contributed by atoms with Gasteiger partial charge in [-0.25, -0.2) is 0 Å². The lowest BCUT2D eigenvalue weighted by atomic mass is 9.84. The lowest BCUT2D eigenvalue weighted by molar-refractivity contribution is -0.00347. The van der Waals surface area contributed by atoms with Crippen LogP contribution >= 0.6 is 0 Å². The zero-order valence-electron chi connectivity index (χ0n) is 22.0. The van der Waals surface area contributed by atoms with Gasteiger partial charge in [-0.15, -0.1) is 0 Å². The highest BCUT2D eigenvalue weighted by Crippen LogP contribution is 2.34. The number of carbonyl (C=O) groups excluding carboxylic acids is 1. The number of ether oxygens (including phenoxy) is 1. The monoisotopic (exact) mass is 481 g/mol. The minimum absolute atomic E-state index is 0.00199. The van der Waals surface area contributed by atoms with Crippen molar-refractivity contribution < 1.29 is 14.6 Å². The van der Waals surface area contributed by atoms with Crippen molar-refractivity contribution in [1.29, 1.82) is 0 Å². The number of hydrogen-bond acceptors (Lipinski definition) is 4. The fourth-order valence-corrected chi connectivity index (χ4v) is 5.25. The van der Waals surface area contributed by atoms with E-state index in [9.17, 15) is 9.90 Å². The Morgan fingerprint density at radius 3 is 2.49 bits per heavy atom. The summed E-state index contributed by atoms with van der Waals surface area (Å²) in [5.41, 5.74) is 6.56. The molecule has 2 aromatic rings. The molecule has 1 aromatic heterocycles. The molecule has 0 unspecified atom stereocenters. The van der Waals surface area contributed by atoms with Gasteiger partial charge in [-0.3, -0.25) is 4.79 Å². The third kappa shape index (κ3) is 6.35. The fraction of sp³-hybridized carbons (Fsp3) is 0.621. The van der Waals surface area contributed by atoms with E-state index in [4.69, 9.17) is 4.74 Å². The van der Waals surface area contributed by atoms with E-state index in [1.807, 2.05) is 0 Å². The number of nitrogens with one attached hydrogen (secondary N) is 2. The van der Waals surface area contributed by atoms with Gasteiger partial charge in [-0.2, -0.15) is 0 Å². The molecule has 2 fully saturated rings. The van der Waals surface area contributed by atoms with Gasteiger partial charge in [0.2, 0.25) is 0 Å². The molecule has 2 aliphatic rings. The molecule has 1 saturated heterocycles. The maximum Gasteiger partial charge on any atom is 0.253 e. The summed E-state index contributed by atoms with van der Waals surface area (Å²) in [7, 11) is 0. The Kier molecular flexibility index (Phi) is 8.35. The zero-order chi connectivity index (χ0) is 25.0. The second-order valence-electron chi connectivity index (χ2n) is 11.4. The topological polar surface area (TPSA) is 75.5 Å². The molecule has 1 saturated carbocycles. The molecule has 0 bridgehead atoms. The van der Waals surface area contributed by atoms with E-state index in [1.54, 1.807) is 0 Å². The number of aromatic nitrogens is 1. The third-order valence-electron chi connectivity index (χ3n) is 7.52. The van der Waals surface area contributed by atoms with Gasteiger partial charge >= 0.3 is 0 Å². The number of carbonyl (C=O) groups is 1. The summed E-state index contributed by atoms with van der Waals surface area (Å²) < 4.78 is 7.66. The predicted molar refractivity (Wildman–Crippen MR) is 141 cm³/mol. The SMILES string of the molecule is Cc1c(C(=O)NC2COC2)cc(-c2cc(CNCCO)cc(C(C)(C)C)c2)n1CC1CCCCC1. The van der Waals surface area contributed by atoms with Crippen LogP contribution in [0.25, 0.3) is 11.3 Å². The summed E-state index contributed by atoms with van der Waals surface area (Å²) >= 11 is 0. The van der Waals surface area contributed by atoms with Crippen molar-refractivity contribution in [1.82, 2.24) is 15.2 Å². The second kappa shape index (κ2) is 11.3. The van der Waals surface area contributed by atoms with Crippen LogP contribution in [0.15, 0.2) is 24.3 Å². The summed E-state index contributed by atoms with van der Waals surface area (Å²) in [6.07, 6.45) is 6.46. The molecule has 192 valence electrons. The molecule has 0 atom stereocenters. The molecule has 1 aliphatic heterocycles. The molecule has 0 radical (unpaired) electrons. The number of aliphatic hydroxyl groups is 1. The molecular formula is C29H43N3O3. The van der Waals surface area contributed by atoms with Crippen LogP contribution < -0.4 is 10.6 Å². The Hall–Kier alpha value is -2.15. The van der Waals surface area contributed by atoms with Crippen LogP contribution in [0, 0.1) is 12.8 Å². The molecule has 35 heavy (non-hydrogen) atoms. The van der Waals surface area contributed by atoms with E-state index in [0.717, 1.165) is 29.1 Å². The lowest BCUT2D eigenvalue weighted by Crippen LogP contribution is -2.48. The summed E-state index contributed by atoms with van der Waals surface area (Å²) in [4.78, 5) is 13.2. The van der Waals surface area contributed by atoms with Crippen LogP contribution in [0.1, 0.15) is 80.1 Å². The number of hydrogen-bond donors (Lipinski definition) is 3. The average Bonchev–Trinajstić information content (AvgIpc) is 3.12. The molecular weight excluding hydrogens is 438 g/mol. The van der Waals surface area contributed by atoms with Crippen LogP contribution in [-0.4, -0.2) is 48.0 Å². The first-order chi connectivity index (χ1) is 16.8. The summed E-state index contributed by atoms with van der Waals surface area (Å²) in [6.45, 7) is 12.4. The quantitative estimate of drug-likeness (QED) is 0.459. The summed E-state index contributed by atoms with van der Waals surface area (Å²) in [5.74, 6) is 0.650. The highest BCUT2D eigenvalue weighted by molar-refractivity contribution is 5.97. The highest BCUT2D eigenvalue weighted by atomic mass is 16.5. The molecule has 1 aromatic carbocycles. The van der Waals surface area contributed by atoms with Crippen molar-refractivity contribution in [2.45, 2.75) is 84.3 Å². The number of nitrogens with zero attached hydrogens (tertiary/aromatic N) is 1. The molecule has 6 nitrogen and oxygen atoms in total. The minimum Gasteiger partial charge on any atom is -0.395 e. The van der Waals surface area contributed by atoms with Crippen molar-refractivity contribution in [3.63, 3.8) is 0 Å². The van der Waals surface area contributed by atoms with Gasteiger partial charge in [0.05, 0.1) is 31.4 Å². The molecule has 3 N–H and O–H groups in total. The molecule has 6 heteroatoms. The van der Waals surface area contributed by atoms with Crippen LogP contribution in [0.3, 0.4) is 0 Å². The minimum atomic E-state index is -0.00347. The predicted octanol–water partition coefficient (Wildman–Crippen LogP) is 4.55. The maximum atomic E-state index is 13.2. The van der Waals surface area contributed by atoms with Crippen molar-refractivity contribution in [3.05, 3.63) is 46.6 Å². The van der Waals surface area contributed by atoms with E-state index < -0.39 is 0 Å². The maximum absolute atomic E-state index is 13.2. The largest absolute Gasteiger partial charge is 0.395 e. The second-order valence-corrected chi connectivity index (χ2v) is 11.4. The first kappa shape index (κ1) is 25.9. The van der Waals surface area contributed by atoms with Gasteiger partial charge in [-0.05, 0) is 66.0 Å². The number of aliphatic hydroxyl groups excluding tert-OH is 1. The molecule has 1 amide bonds. The van der Waals surface area contributed by atoms with Crippen molar-refractivity contribution >= 4 is 5.91 Å². The standard InChI is InChI=1S/C29H43N3O3/c1-20-26(28(34)31-25-18-35-19-25)15-27(32(20)17-21-8-6-5-7-9-21)23-12-22(16-30-10-11-33)13-24(14-23)29(2,3)4/h12-15,21,25,30,33H,5-11,16-19H2,1-4H3,(H,31,34). The average molecular weight is 482 g/mol. The number of benzene rings is 1. The van der Waals surface area contributed by atoms with Crippen LogP contribution in [0.5, 0.6) is 0 Å². The molecule has 4 rings (SSSR count). The Labute approximate surface area is 210 Å². The van der Waals surface area contributed by atoms with Crippen molar-refractivity contribution in [3.8, 4) is 11.3 Å². The van der Waals surface area contributed by atoms with Gasteiger partial charge in [0.25, 0.3) is 5.91 Å². The van der Waals surface area contributed by atoms with E-state index in [2.05, 4.69) is 67.2 Å². The first-order valence-electron chi connectivity index (χ1n) is 13.3. The Morgan fingerprint density at radius 2 is 1.86 bits per heavy atom. The summed E-state index contributed by atoms with van der Waals surface area (Å²) in [5, 5.41) is 15.7. The van der Waals surface area contributed by atoms with E-state index in [1.165, 1.54) is 43.2 Å². The van der Waals surface area contributed by atoms with Gasteiger partial charge in [0.1, 0.15) is 0 Å². The fourth-order valence-electron chi connectivity index (χ4n) is 5.25. The van der Waals surface area contributed by atoms with Gasteiger partial charge in [0.15, 0.2) is 0 Å². The highest BCUT2D eigenvalue weighted by Gasteiger charge is 2.26. The normalized spacial score (nSPS) is 17.4. The van der Waals surface area contributed by atoms with E-state index >= 15 is 0 Å². The van der Waals surface area contributed by atoms with Gasteiger partial charge in [-0.1, -0.05) is 46.1 Å². The molecule has 0 spiro atoms. The van der Waals surface area contributed by atoms with E-state index in [-0.39, 0.29) is 24.0 Å². The number of rotatable bonds is 9. The summed E-state index contributed by atoms with van der Waals surface area (Å²) in [6, 6.07) is 9.01. The van der Waals surface area contributed by atoms with Crippen LogP contribution in [0.2, 0.25) is 0 Å². The van der Waals surface area contributed by atoms with Crippen LogP contribution in [0.4, 0.5) is 0 Å². The zero-order valence-corrected chi connectivity index (χ0v) is 22.0. The van der Waals surface area contributed by atoms with E-state index in [0.29, 0.717) is 32.2 Å². The smallest absolute Gasteiger partial charge is 0.253 e. The van der Waals surface area contributed by atoms with Crippen molar-refractivity contribution in [2.24, 2.45) is 5.92 Å². The number of amides is 1. The first-order valence-corrected chi connectivity index (χ1v) is 13.3. The van der Waals surface area contributed by atoms with Crippen molar-refractivity contribution in [2.75, 3.05) is 26.4 Å². The van der Waals surface area contributed by atoms with Gasteiger partial charge < -0.3 is 25.0 Å². The van der Waals surface area contributed by atoms with Crippen LogP contribution in [-0.2, 0) is 23.2 Å². The Balaban J connectivity index is 1.74. The Bertz CT molecular complexity index is 1010. The molecule has 2 heterocycles. The lowest BCUT2D eigenvalue weighted by Gasteiger charge is -2.27. The molecule has 1 aliphatic carbocycles. The Morgan fingerprint density at radius 1 is 1.11 bits per heavy atom. The third-order valence-corrected chi connectivity index (χ3v) is 7.52.